The van der Waals surface area contributed by atoms with Crippen molar-refractivity contribution < 1.29 is 13.9 Å². The molecular formula is C14H16ClFN4O2. The van der Waals surface area contributed by atoms with E-state index in [-0.39, 0.29) is 17.4 Å². The van der Waals surface area contributed by atoms with Crippen LogP contribution in [-0.4, -0.2) is 33.4 Å². The third kappa shape index (κ3) is 3.53. The maximum Gasteiger partial charge on any atom is 0.189 e. The standard InChI is InChI=1S/C14H16ClFN4O2/c15-11-2-1-3-12(16)14(11)22-9-13-17-18-19-20(13)8-10-4-6-21-7-5-10/h1-3,10H,4-9H2. The first-order valence-electron chi connectivity index (χ1n) is 7.13. The molecule has 22 heavy (non-hydrogen) atoms. The molecule has 0 aliphatic carbocycles. The molecular weight excluding hydrogens is 311 g/mol. The van der Waals surface area contributed by atoms with Crippen LogP contribution in [0.1, 0.15) is 18.7 Å². The molecule has 1 aliphatic heterocycles. The summed E-state index contributed by atoms with van der Waals surface area (Å²) < 4.78 is 26.2. The van der Waals surface area contributed by atoms with Gasteiger partial charge in [0.25, 0.3) is 0 Å². The summed E-state index contributed by atoms with van der Waals surface area (Å²) in [6, 6.07) is 4.40. The summed E-state index contributed by atoms with van der Waals surface area (Å²) in [4.78, 5) is 0. The van der Waals surface area contributed by atoms with Crippen LogP contribution in [-0.2, 0) is 17.9 Å². The first kappa shape index (κ1) is 15.2. The largest absolute Gasteiger partial charge is 0.481 e. The van der Waals surface area contributed by atoms with Crippen LogP contribution in [0.3, 0.4) is 0 Å². The molecule has 2 heterocycles. The lowest BCUT2D eigenvalue weighted by Crippen LogP contribution is -2.22. The highest BCUT2D eigenvalue weighted by Crippen LogP contribution is 2.27. The third-order valence-electron chi connectivity index (χ3n) is 3.64. The van der Waals surface area contributed by atoms with Crippen molar-refractivity contribution in [3.05, 3.63) is 34.9 Å². The van der Waals surface area contributed by atoms with Gasteiger partial charge in [-0.05, 0) is 41.3 Å². The number of benzene rings is 1. The molecule has 6 nitrogen and oxygen atoms in total. The van der Waals surface area contributed by atoms with Gasteiger partial charge in [-0.3, -0.25) is 0 Å². The van der Waals surface area contributed by atoms with Gasteiger partial charge in [-0.1, -0.05) is 17.7 Å². The molecule has 8 heteroatoms. The fourth-order valence-corrected chi connectivity index (χ4v) is 2.62. The number of hydrogen-bond donors (Lipinski definition) is 0. The predicted octanol–water partition coefficient (Wildman–Crippen LogP) is 2.47. The maximum atomic E-state index is 13.7. The summed E-state index contributed by atoms with van der Waals surface area (Å²) in [5.41, 5.74) is 0. The Labute approximate surface area is 132 Å². The highest BCUT2D eigenvalue weighted by molar-refractivity contribution is 6.32. The summed E-state index contributed by atoms with van der Waals surface area (Å²) in [6.07, 6.45) is 1.97. The van der Waals surface area contributed by atoms with Crippen molar-refractivity contribution in [2.45, 2.75) is 26.0 Å². The highest BCUT2D eigenvalue weighted by atomic mass is 35.5. The lowest BCUT2D eigenvalue weighted by molar-refractivity contribution is 0.0593. The van der Waals surface area contributed by atoms with Gasteiger partial charge in [0.2, 0.25) is 0 Å². The number of nitrogens with zero attached hydrogens (tertiary/aromatic N) is 4. The lowest BCUT2D eigenvalue weighted by atomic mass is 10.0. The van der Waals surface area contributed by atoms with Crippen molar-refractivity contribution in [2.75, 3.05) is 13.2 Å². The molecule has 1 saturated heterocycles. The van der Waals surface area contributed by atoms with Gasteiger partial charge in [-0.15, -0.1) is 5.10 Å². The van der Waals surface area contributed by atoms with Gasteiger partial charge in [-0.2, -0.15) is 0 Å². The van der Waals surface area contributed by atoms with Crippen LogP contribution in [0.25, 0.3) is 0 Å². The Kier molecular flexibility index (Phi) is 4.84. The number of halogens is 2. The molecule has 118 valence electrons. The minimum absolute atomic E-state index is 0.0183. The molecule has 0 radical (unpaired) electrons. The van der Waals surface area contributed by atoms with Gasteiger partial charge in [-0.25, -0.2) is 9.07 Å². The van der Waals surface area contributed by atoms with E-state index in [1.807, 2.05) is 0 Å². The van der Waals surface area contributed by atoms with Crippen molar-refractivity contribution in [3.8, 4) is 5.75 Å². The van der Waals surface area contributed by atoms with Crippen LogP contribution in [0.2, 0.25) is 5.02 Å². The minimum Gasteiger partial charge on any atom is -0.481 e. The van der Waals surface area contributed by atoms with E-state index >= 15 is 0 Å². The average Bonchev–Trinajstić information content (AvgIpc) is 2.95. The van der Waals surface area contributed by atoms with Gasteiger partial charge < -0.3 is 9.47 Å². The maximum absolute atomic E-state index is 13.7. The van der Waals surface area contributed by atoms with Crippen molar-refractivity contribution in [1.82, 2.24) is 20.2 Å². The van der Waals surface area contributed by atoms with E-state index < -0.39 is 5.82 Å². The molecule has 2 aromatic rings. The quantitative estimate of drug-likeness (QED) is 0.844. The smallest absolute Gasteiger partial charge is 0.189 e. The number of ether oxygens (including phenoxy) is 2. The van der Waals surface area contributed by atoms with Crippen LogP contribution in [0.5, 0.6) is 5.75 Å². The molecule has 0 saturated carbocycles. The molecule has 3 rings (SSSR count). The summed E-state index contributed by atoms with van der Waals surface area (Å²) in [7, 11) is 0. The second kappa shape index (κ2) is 7.02. The normalized spacial score (nSPS) is 15.9. The molecule has 0 N–H and O–H groups in total. The van der Waals surface area contributed by atoms with Gasteiger partial charge in [0.1, 0.15) is 6.61 Å². The zero-order chi connectivity index (χ0) is 15.4. The topological polar surface area (TPSA) is 62.1 Å². The monoisotopic (exact) mass is 326 g/mol. The third-order valence-corrected chi connectivity index (χ3v) is 3.94. The zero-order valence-corrected chi connectivity index (χ0v) is 12.7. The molecule has 1 aliphatic rings. The van der Waals surface area contributed by atoms with E-state index in [0.717, 1.165) is 26.1 Å². The molecule has 1 aromatic heterocycles. The number of tetrazole rings is 1. The molecule has 0 unspecified atom stereocenters. The second-order valence-corrected chi connectivity index (χ2v) is 5.58. The molecule has 1 fully saturated rings. The Morgan fingerprint density at radius 3 is 2.95 bits per heavy atom. The first-order valence-corrected chi connectivity index (χ1v) is 7.51. The van der Waals surface area contributed by atoms with Gasteiger partial charge >= 0.3 is 0 Å². The molecule has 0 atom stereocenters. The second-order valence-electron chi connectivity index (χ2n) is 5.17. The fourth-order valence-electron chi connectivity index (χ4n) is 2.40. The Balaban J connectivity index is 1.65. The molecule has 0 bridgehead atoms. The summed E-state index contributed by atoms with van der Waals surface area (Å²) >= 11 is 5.93. The van der Waals surface area contributed by atoms with Crippen LogP contribution < -0.4 is 4.74 Å². The van der Waals surface area contributed by atoms with Gasteiger partial charge in [0, 0.05) is 19.8 Å². The average molecular weight is 327 g/mol. The summed E-state index contributed by atoms with van der Waals surface area (Å²) in [5.74, 6) is 0.541. The Morgan fingerprint density at radius 1 is 1.36 bits per heavy atom. The van der Waals surface area contributed by atoms with E-state index in [1.165, 1.54) is 12.1 Å². The Morgan fingerprint density at radius 2 is 2.18 bits per heavy atom. The van der Waals surface area contributed by atoms with Crippen molar-refractivity contribution in [1.29, 1.82) is 0 Å². The number of aromatic nitrogens is 4. The van der Waals surface area contributed by atoms with Crippen molar-refractivity contribution >= 4 is 11.6 Å². The number of para-hydroxylation sites is 1. The predicted molar refractivity (Wildman–Crippen MR) is 77.1 cm³/mol. The van der Waals surface area contributed by atoms with Gasteiger partial charge in [0.05, 0.1) is 5.02 Å². The molecule has 0 amide bonds. The Bertz CT molecular complexity index is 611. The summed E-state index contributed by atoms with van der Waals surface area (Å²) in [6.45, 7) is 2.31. The lowest BCUT2D eigenvalue weighted by Gasteiger charge is -2.21. The molecule has 1 aromatic carbocycles. The van der Waals surface area contributed by atoms with Crippen LogP contribution in [0.4, 0.5) is 4.39 Å². The number of rotatable bonds is 5. The SMILES string of the molecule is Fc1cccc(Cl)c1OCc1nnnn1CC1CCOCC1. The first-order chi connectivity index (χ1) is 10.7. The molecule has 0 spiro atoms. The van der Waals surface area contributed by atoms with E-state index in [0.29, 0.717) is 18.3 Å². The van der Waals surface area contributed by atoms with Gasteiger partial charge in [0.15, 0.2) is 17.4 Å². The van der Waals surface area contributed by atoms with E-state index in [9.17, 15) is 4.39 Å². The van der Waals surface area contributed by atoms with Crippen LogP contribution >= 0.6 is 11.6 Å². The zero-order valence-electron chi connectivity index (χ0n) is 11.9. The van der Waals surface area contributed by atoms with E-state index in [4.69, 9.17) is 21.1 Å². The van der Waals surface area contributed by atoms with Crippen molar-refractivity contribution in [3.63, 3.8) is 0 Å². The van der Waals surface area contributed by atoms with E-state index in [2.05, 4.69) is 15.5 Å². The van der Waals surface area contributed by atoms with E-state index in [1.54, 1.807) is 10.7 Å². The fraction of sp³-hybridized carbons (Fsp3) is 0.500. The van der Waals surface area contributed by atoms with Crippen LogP contribution in [0, 0.1) is 11.7 Å². The van der Waals surface area contributed by atoms with Crippen molar-refractivity contribution in [2.24, 2.45) is 5.92 Å². The van der Waals surface area contributed by atoms with Crippen LogP contribution in [0.15, 0.2) is 18.2 Å². The number of hydrogen-bond acceptors (Lipinski definition) is 5. The minimum atomic E-state index is -0.504. The highest BCUT2D eigenvalue weighted by Gasteiger charge is 2.18. The summed E-state index contributed by atoms with van der Waals surface area (Å²) in [5, 5.41) is 11.8. The Hall–Kier alpha value is -1.73.